The van der Waals surface area contributed by atoms with Gasteiger partial charge < -0.3 is 9.80 Å². The third-order valence-electron chi connectivity index (χ3n) is 8.98. The number of likely N-dealkylation sites (tertiary alicyclic amines) is 1. The van der Waals surface area contributed by atoms with Crippen molar-refractivity contribution < 1.29 is 14.4 Å². The third-order valence-corrected chi connectivity index (χ3v) is 8.98. The van der Waals surface area contributed by atoms with Crippen molar-refractivity contribution in [3.05, 3.63) is 90.5 Å². The Morgan fingerprint density at radius 3 is 2.30 bits per heavy atom. The Kier molecular flexibility index (Phi) is 9.18. The molecule has 0 N–H and O–H groups in total. The molecule has 1 saturated carbocycles. The Morgan fingerprint density at radius 1 is 1.00 bits per heavy atom. The second-order valence-corrected chi connectivity index (χ2v) is 11.6. The molecule has 0 unspecified atom stereocenters. The molecule has 0 spiro atoms. The van der Waals surface area contributed by atoms with E-state index in [0.29, 0.717) is 19.0 Å². The van der Waals surface area contributed by atoms with E-state index in [1.165, 1.54) is 0 Å². The number of amides is 2. The van der Waals surface area contributed by atoms with Gasteiger partial charge in [0.25, 0.3) is 0 Å². The molecule has 6 nitrogen and oxygen atoms in total. The maximum atomic E-state index is 13.4. The van der Waals surface area contributed by atoms with Crippen LogP contribution in [0.25, 0.3) is 6.08 Å². The zero-order valence-corrected chi connectivity index (χ0v) is 23.8. The summed E-state index contributed by atoms with van der Waals surface area (Å²) in [5.74, 6) is 0.639. The van der Waals surface area contributed by atoms with Crippen LogP contribution in [0.4, 0.5) is 0 Å². The molecule has 5 rings (SSSR count). The number of hydroxylamine groups is 2. The molecule has 0 aromatic heterocycles. The average molecular weight is 542 g/mol. The van der Waals surface area contributed by atoms with Gasteiger partial charge in [-0.1, -0.05) is 86.5 Å². The third kappa shape index (κ3) is 6.24. The van der Waals surface area contributed by atoms with Gasteiger partial charge >= 0.3 is 0 Å². The van der Waals surface area contributed by atoms with Crippen LogP contribution in [0.5, 0.6) is 0 Å². The van der Waals surface area contributed by atoms with Crippen LogP contribution in [-0.4, -0.2) is 65.4 Å². The highest BCUT2D eigenvalue weighted by molar-refractivity contribution is 5.92. The average Bonchev–Trinajstić information content (AvgIpc) is 3.65. The molecule has 212 valence electrons. The van der Waals surface area contributed by atoms with Crippen molar-refractivity contribution >= 4 is 17.9 Å². The van der Waals surface area contributed by atoms with Gasteiger partial charge in [-0.15, -0.1) is 6.58 Å². The van der Waals surface area contributed by atoms with Crippen molar-refractivity contribution in [1.82, 2.24) is 14.9 Å². The zero-order chi connectivity index (χ0) is 28.0. The highest BCUT2D eigenvalue weighted by Gasteiger charge is 2.51. The van der Waals surface area contributed by atoms with Gasteiger partial charge in [-0.3, -0.25) is 14.4 Å². The van der Waals surface area contributed by atoms with E-state index in [-0.39, 0.29) is 23.8 Å². The largest absolute Gasteiger partial charge is 0.339 e. The summed E-state index contributed by atoms with van der Waals surface area (Å²) >= 11 is 0. The molecule has 2 atom stereocenters. The highest BCUT2D eigenvalue weighted by atomic mass is 16.7. The second kappa shape index (κ2) is 13.0. The first-order valence-corrected chi connectivity index (χ1v) is 14.9. The predicted octanol–water partition coefficient (Wildman–Crippen LogP) is 5.67. The van der Waals surface area contributed by atoms with E-state index in [4.69, 9.17) is 4.84 Å². The van der Waals surface area contributed by atoms with Gasteiger partial charge in [0.1, 0.15) is 5.60 Å². The van der Waals surface area contributed by atoms with Crippen LogP contribution in [0.2, 0.25) is 0 Å². The number of piperidine rings is 1. The summed E-state index contributed by atoms with van der Waals surface area (Å²) in [5.41, 5.74) is 1.56. The molecule has 40 heavy (non-hydrogen) atoms. The van der Waals surface area contributed by atoms with Gasteiger partial charge in [-0.2, -0.15) is 5.06 Å². The van der Waals surface area contributed by atoms with Gasteiger partial charge in [0.2, 0.25) is 11.8 Å². The first-order valence-electron chi connectivity index (χ1n) is 14.9. The van der Waals surface area contributed by atoms with Crippen molar-refractivity contribution in [2.45, 2.75) is 57.1 Å². The first kappa shape index (κ1) is 28.3. The normalized spacial score (nSPS) is 24.5. The van der Waals surface area contributed by atoms with Gasteiger partial charge in [-0.05, 0) is 42.9 Å². The lowest BCUT2D eigenvalue weighted by atomic mass is 9.85. The number of benzene rings is 2. The molecule has 2 saturated heterocycles. The number of carbonyl (C=O) groups excluding carboxylic acids is 2. The van der Waals surface area contributed by atoms with E-state index < -0.39 is 5.60 Å². The summed E-state index contributed by atoms with van der Waals surface area (Å²) in [6.45, 7) is 9.39. The second-order valence-electron chi connectivity index (χ2n) is 11.6. The zero-order valence-electron chi connectivity index (χ0n) is 23.8. The molecule has 2 aromatic carbocycles. The van der Waals surface area contributed by atoms with E-state index in [0.717, 1.165) is 69.3 Å². The van der Waals surface area contributed by atoms with E-state index >= 15 is 0 Å². The Bertz CT molecular complexity index is 1170. The molecule has 6 heteroatoms. The van der Waals surface area contributed by atoms with Gasteiger partial charge in [0.05, 0.1) is 6.54 Å². The van der Waals surface area contributed by atoms with Crippen LogP contribution in [0.15, 0.2) is 79.4 Å². The molecule has 2 heterocycles. The number of nitrogens with zero attached hydrogens (tertiary/aromatic N) is 3. The van der Waals surface area contributed by atoms with Crippen LogP contribution in [0, 0.1) is 11.8 Å². The van der Waals surface area contributed by atoms with Crippen molar-refractivity contribution in [3.8, 4) is 0 Å². The van der Waals surface area contributed by atoms with E-state index in [9.17, 15) is 9.59 Å². The molecule has 3 aliphatic rings. The van der Waals surface area contributed by atoms with Crippen molar-refractivity contribution in [1.29, 1.82) is 0 Å². The Morgan fingerprint density at radius 2 is 1.65 bits per heavy atom. The Balaban J connectivity index is 1.26. The van der Waals surface area contributed by atoms with Crippen LogP contribution >= 0.6 is 0 Å². The van der Waals surface area contributed by atoms with Crippen molar-refractivity contribution in [2.24, 2.45) is 11.8 Å². The summed E-state index contributed by atoms with van der Waals surface area (Å²) in [6.07, 6.45) is 11.3. The minimum Gasteiger partial charge on any atom is -0.339 e. The topological polar surface area (TPSA) is 53.1 Å². The number of rotatable bonds is 9. The van der Waals surface area contributed by atoms with Crippen molar-refractivity contribution in [2.75, 3.05) is 32.7 Å². The fourth-order valence-electron chi connectivity index (χ4n) is 6.71. The van der Waals surface area contributed by atoms with Crippen molar-refractivity contribution in [3.63, 3.8) is 0 Å². The van der Waals surface area contributed by atoms with Gasteiger partial charge in [0.15, 0.2) is 0 Å². The highest BCUT2D eigenvalue weighted by Crippen LogP contribution is 2.43. The predicted molar refractivity (Wildman–Crippen MR) is 159 cm³/mol. The lowest BCUT2D eigenvalue weighted by molar-refractivity contribution is -0.268. The van der Waals surface area contributed by atoms with E-state index in [1.807, 2.05) is 47.4 Å². The van der Waals surface area contributed by atoms with E-state index in [1.54, 1.807) is 12.2 Å². The fraction of sp³-hybridized carbons (Fsp3) is 0.471. The number of carbonyl (C=O) groups is 2. The molecule has 2 aromatic rings. The molecule has 0 radical (unpaired) electrons. The minimum absolute atomic E-state index is 0.00867. The molecule has 0 bridgehead atoms. The molecular formula is C34H43N3O3. The van der Waals surface area contributed by atoms with Crippen LogP contribution in [0.1, 0.15) is 56.6 Å². The molecule has 1 aliphatic carbocycles. The number of hydrogen-bond acceptors (Lipinski definition) is 4. The SMILES string of the molecule is C=CCN(C(=O)/C=C/c1ccccc1)C1CCN(O[C@]2(c3ccccc3)CN(C(=O)C3CCCC3)C[C@@H]2C)CC1. The maximum Gasteiger partial charge on any atom is 0.247 e. The summed E-state index contributed by atoms with van der Waals surface area (Å²) in [7, 11) is 0. The smallest absolute Gasteiger partial charge is 0.247 e. The summed E-state index contributed by atoms with van der Waals surface area (Å²) in [4.78, 5) is 37.5. The summed E-state index contributed by atoms with van der Waals surface area (Å²) in [6, 6.07) is 20.4. The van der Waals surface area contributed by atoms with E-state index in [2.05, 4.69) is 47.7 Å². The molecule has 2 aliphatic heterocycles. The first-order chi connectivity index (χ1) is 19.5. The molecular weight excluding hydrogens is 498 g/mol. The fourth-order valence-corrected chi connectivity index (χ4v) is 6.71. The summed E-state index contributed by atoms with van der Waals surface area (Å²) in [5, 5.41) is 2.08. The van der Waals surface area contributed by atoms with Crippen LogP contribution < -0.4 is 0 Å². The lowest BCUT2D eigenvalue weighted by Crippen LogP contribution is -2.51. The summed E-state index contributed by atoms with van der Waals surface area (Å²) < 4.78 is 0. The maximum absolute atomic E-state index is 13.4. The van der Waals surface area contributed by atoms with Gasteiger partial charge in [-0.25, -0.2) is 0 Å². The Labute approximate surface area is 239 Å². The molecule has 3 fully saturated rings. The number of hydrogen-bond donors (Lipinski definition) is 0. The monoisotopic (exact) mass is 541 g/mol. The van der Waals surface area contributed by atoms with Crippen LogP contribution in [0.3, 0.4) is 0 Å². The Hall–Kier alpha value is -3.22. The van der Waals surface area contributed by atoms with Crippen LogP contribution in [-0.2, 0) is 20.0 Å². The minimum atomic E-state index is -0.572. The van der Waals surface area contributed by atoms with Gasteiger partial charge in [0, 0.05) is 50.1 Å². The lowest BCUT2D eigenvalue weighted by Gasteiger charge is -2.42. The molecule has 2 amide bonds. The quantitative estimate of drug-likeness (QED) is 0.303. The standard InChI is InChI=1S/C34H43N3O3/c1-3-22-37(32(38)19-18-28-12-6-4-7-13-28)31-20-23-36(24-21-31)40-34(30-16-8-5-9-17-30)26-35(25-27(34)2)33(39)29-14-10-11-15-29/h3-9,12-13,16-19,27,29,31H,1,10-11,14-15,20-26H2,2H3/b19-18+/t27-,34+/m0/s1.